The average molecular weight is 456 g/mol. The lowest BCUT2D eigenvalue weighted by molar-refractivity contribution is 0.0697. The Morgan fingerprint density at radius 1 is 1.19 bits per heavy atom. The van der Waals surface area contributed by atoms with Crippen molar-refractivity contribution in [3.63, 3.8) is 0 Å². The molecule has 1 aliphatic carbocycles. The minimum atomic E-state index is -0.957. The van der Waals surface area contributed by atoms with E-state index in [1.54, 1.807) is 13.2 Å². The zero-order chi connectivity index (χ0) is 23.1. The number of benzene rings is 2. The highest BCUT2D eigenvalue weighted by atomic mass is 32.2. The third kappa shape index (κ3) is 5.87. The third-order valence-corrected chi connectivity index (χ3v) is 7.87. The van der Waals surface area contributed by atoms with Gasteiger partial charge in [0, 0.05) is 11.6 Å². The van der Waals surface area contributed by atoms with Crippen molar-refractivity contribution in [1.82, 2.24) is 0 Å². The second-order valence-electron chi connectivity index (χ2n) is 8.94. The van der Waals surface area contributed by atoms with Crippen molar-refractivity contribution in [3.05, 3.63) is 53.1 Å². The van der Waals surface area contributed by atoms with Gasteiger partial charge in [-0.25, -0.2) is 4.79 Å². The molecular weight excluding hydrogens is 418 g/mol. The van der Waals surface area contributed by atoms with Crippen LogP contribution in [0.25, 0.3) is 11.1 Å². The molecule has 3 rings (SSSR count). The zero-order valence-electron chi connectivity index (χ0n) is 19.6. The molecule has 174 valence electrons. The Hall–Kier alpha value is -1.98. The van der Waals surface area contributed by atoms with Crippen LogP contribution in [-0.4, -0.2) is 29.7 Å². The highest BCUT2D eigenvalue weighted by Crippen LogP contribution is 2.40. The Labute approximate surface area is 196 Å². The Morgan fingerprint density at radius 2 is 1.91 bits per heavy atom. The molecule has 0 radical (unpaired) electrons. The number of rotatable bonds is 10. The van der Waals surface area contributed by atoms with Crippen LogP contribution in [0, 0.1) is 18.8 Å². The van der Waals surface area contributed by atoms with Gasteiger partial charge < -0.3 is 15.6 Å². The van der Waals surface area contributed by atoms with Gasteiger partial charge in [0.05, 0.1) is 12.7 Å². The number of carboxylic acids is 1. The van der Waals surface area contributed by atoms with Crippen molar-refractivity contribution in [3.8, 4) is 16.9 Å². The van der Waals surface area contributed by atoms with E-state index in [2.05, 4.69) is 6.92 Å². The first-order valence-electron chi connectivity index (χ1n) is 11.8. The van der Waals surface area contributed by atoms with Crippen molar-refractivity contribution in [2.24, 2.45) is 17.6 Å². The van der Waals surface area contributed by atoms with Crippen molar-refractivity contribution in [2.45, 2.75) is 58.4 Å². The lowest BCUT2D eigenvalue weighted by atomic mass is 9.79. The van der Waals surface area contributed by atoms with E-state index in [1.165, 1.54) is 32.1 Å². The quantitative estimate of drug-likeness (QED) is 0.416. The van der Waals surface area contributed by atoms with Crippen LogP contribution in [-0.2, 0) is 0 Å². The van der Waals surface area contributed by atoms with Gasteiger partial charge in [0.2, 0.25) is 0 Å². The average Bonchev–Trinajstić information content (AvgIpc) is 2.81. The molecule has 4 nitrogen and oxygen atoms in total. The van der Waals surface area contributed by atoms with Gasteiger partial charge in [-0.15, -0.1) is 0 Å². The lowest BCUT2D eigenvalue weighted by Gasteiger charge is -2.31. The van der Waals surface area contributed by atoms with Crippen LogP contribution in [0.15, 0.2) is 36.4 Å². The summed E-state index contributed by atoms with van der Waals surface area (Å²) in [4.78, 5) is 12.1. The number of hydrogen-bond donors (Lipinski definition) is 2. The van der Waals surface area contributed by atoms with Crippen LogP contribution < -0.4 is 10.5 Å². The fourth-order valence-electron chi connectivity index (χ4n) is 5.00. The number of thioether (sulfide) groups is 1. The first-order chi connectivity index (χ1) is 15.5. The summed E-state index contributed by atoms with van der Waals surface area (Å²) in [6.45, 7) is 4.20. The molecule has 0 heterocycles. The Bertz CT molecular complexity index is 908. The largest absolute Gasteiger partial charge is 0.496 e. The molecule has 3 N–H and O–H groups in total. The second-order valence-corrected chi connectivity index (χ2v) is 10.3. The predicted molar refractivity (Wildman–Crippen MR) is 135 cm³/mol. The van der Waals surface area contributed by atoms with Crippen LogP contribution in [0.4, 0.5) is 0 Å². The first-order valence-corrected chi connectivity index (χ1v) is 13.0. The molecule has 5 heteroatoms. The van der Waals surface area contributed by atoms with E-state index in [9.17, 15) is 9.90 Å². The minimum Gasteiger partial charge on any atom is -0.496 e. The van der Waals surface area contributed by atoms with Crippen molar-refractivity contribution in [1.29, 1.82) is 0 Å². The molecule has 0 aromatic heterocycles. The van der Waals surface area contributed by atoms with E-state index in [4.69, 9.17) is 10.5 Å². The van der Waals surface area contributed by atoms with Gasteiger partial charge in [-0.3, -0.25) is 0 Å². The number of hydrogen-bond acceptors (Lipinski definition) is 4. The predicted octanol–water partition coefficient (Wildman–Crippen LogP) is 6.71. The molecule has 0 amide bonds. The maximum Gasteiger partial charge on any atom is 0.336 e. The highest BCUT2D eigenvalue weighted by molar-refractivity contribution is 7.99. The monoisotopic (exact) mass is 455 g/mol. The Morgan fingerprint density at radius 3 is 2.53 bits per heavy atom. The molecule has 2 aromatic rings. The third-order valence-electron chi connectivity index (χ3n) is 6.80. The maximum atomic E-state index is 12.1. The van der Waals surface area contributed by atoms with E-state index < -0.39 is 5.97 Å². The van der Waals surface area contributed by atoms with Crippen molar-refractivity contribution >= 4 is 17.7 Å². The van der Waals surface area contributed by atoms with Gasteiger partial charge in [-0.05, 0) is 65.5 Å². The second kappa shape index (κ2) is 11.8. The van der Waals surface area contributed by atoms with Gasteiger partial charge in [0.25, 0.3) is 0 Å². The fourth-order valence-corrected chi connectivity index (χ4v) is 5.88. The zero-order valence-corrected chi connectivity index (χ0v) is 20.4. The van der Waals surface area contributed by atoms with Crippen molar-refractivity contribution in [2.75, 3.05) is 18.6 Å². The van der Waals surface area contributed by atoms with Gasteiger partial charge in [-0.1, -0.05) is 63.3 Å². The minimum absolute atomic E-state index is 0.198. The normalized spacial score (nSPS) is 16.5. The molecule has 1 aliphatic rings. The summed E-state index contributed by atoms with van der Waals surface area (Å²) >= 11 is 1.94. The summed E-state index contributed by atoms with van der Waals surface area (Å²) in [5.41, 5.74) is 10.8. The fraction of sp³-hybridized carbons (Fsp3) is 0.519. The Balaban J connectivity index is 2.03. The molecule has 2 aromatic carbocycles. The molecule has 0 saturated heterocycles. The summed E-state index contributed by atoms with van der Waals surface area (Å²) in [6.07, 6.45) is 7.70. The first kappa shape index (κ1) is 24.7. The van der Waals surface area contributed by atoms with Gasteiger partial charge in [0.1, 0.15) is 5.75 Å². The number of methoxy groups -OCH3 is 1. The number of aryl methyl sites for hydroxylation is 1. The smallest absolute Gasteiger partial charge is 0.336 e. The van der Waals surface area contributed by atoms with Gasteiger partial charge in [-0.2, -0.15) is 11.8 Å². The standard InChI is InChI=1S/C27H37NO3S/c1-4-32-17-20(14-19-11-6-5-7-12-19)26(28)24-15-22(21-13-9-8-10-18(21)2)23(27(29)30)16-25(24)31-3/h8-10,13,15-16,19-20,26H,4-7,11-12,14,17,28H2,1-3H3,(H,29,30). The highest BCUT2D eigenvalue weighted by Gasteiger charge is 2.28. The van der Waals surface area contributed by atoms with Crippen LogP contribution in [0.1, 0.15) is 73.0 Å². The van der Waals surface area contributed by atoms with Crippen LogP contribution in [0.3, 0.4) is 0 Å². The number of carbonyl (C=O) groups is 1. The van der Waals surface area contributed by atoms with Gasteiger partial charge >= 0.3 is 5.97 Å². The number of nitrogens with two attached hydrogens (primary N) is 1. The molecule has 1 saturated carbocycles. The summed E-state index contributed by atoms with van der Waals surface area (Å²) in [5.74, 6) is 2.76. The summed E-state index contributed by atoms with van der Waals surface area (Å²) in [7, 11) is 1.60. The SMILES string of the molecule is CCSCC(CC1CCCCC1)C(N)c1cc(-c2ccccc2C)c(C(=O)O)cc1OC. The van der Waals surface area contributed by atoms with E-state index in [1.807, 2.05) is 49.0 Å². The molecular formula is C27H37NO3S. The lowest BCUT2D eigenvalue weighted by Crippen LogP contribution is -2.27. The molecule has 1 fully saturated rings. The number of ether oxygens (including phenoxy) is 1. The molecule has 0 bridgehead atoms. The molecule has 2 atom stereocenters. The summed E-state index contributed by atoms with van der Waals surface area (Å²) in [5, 5.41) is 9.92. The van der Waals surface area contributed by atoms with Crippen molar-refractivity contribution < 1.29 is 14.6 Å². The van der Waals surface area contributed by atoms with E-state index in [0.717, 1.165) is 40.5 Å². The summed E-state index contributed by atoms with van der Waals surface area (Å²) < 4.78 is 5.67. The topological polar surface area (TPSA) is 72.6 Å². The van der Waals surface area contributed by atoms with Crippen LogP contribution in [0.2, 0.25) is 0 Å². The molecule has 2 unspecified atom stereocenters. The van der Waals surface area contributed by atoms with E-state index in [-0.39, 0.29) is 11.6 Å². The van der Waals surface area contributed by atoms with E-state index in [0.29, 0.717) is 17.2 Å². The Kier molecular flexibility index (Phi) is 9.06. The number of carboxylic acid groups (broad SMARTS) is 1. The van der Waals surface area contributed by atoms with Crippen LogP contribution >= 0.6 is 11.8 Å². The van der Waals surface area contributed by atoms with Crippen LogP contribution in [0.5, 0.6) is 5.75 Å². The maximum absolute atomic E-state index is 12.1. The molecule has 32 heavy (non-hydrogen) atoms. The summed E-state index contributed by atoms with van der Waals surface area (Å²) in [6, 6.07) is 11.3. The molecule has 0 aliphatic heterocycles. The van der Waals surface area contributed by atoms with Gasteiger partial charge in [0.15, 0.2) is 0 Å². The number of aromatic carboxylic acids is 1. The van der Waals surface area contributed by atoms with E-state index >= 15 is 0 Å². The molecule has 0 spiro atoms.